The summed E-state index contributed by atoms with van der Waals surface area (Å²) in [4.78, 5) is 0. The second kappa shape index (κ2) is 4.64. The number of hydrogen-bond donors (Lipinski definition) is 1. The molecule has 1 aliphatic rings. The van der Waals surface area contributed by atoms with Crippen molar-refractivity contribution in [3.8, 4) is 5.75 Å². The van der Waals surface area contributed by atoms with Crippen molar-refractivity contribution in [1.29, 1.82) is 0 Å². The van der Waals surface area contributed by atoms with E-state index in [4.69, 9.17) is 15.2 Å². The highest BCUT2D eigenvalue weighted by molar-refractivity contribution is 5.40. The normalized spacial score (nSPS) is 15.9. The summed E-state index contributed by atoms with van der Waals surface area (Å²) in [5.41, 5.74) is 8.40. The van der Waals surface area contributed by atoms with Crippen LogP contribution < -0.4 is 10.5 Å². The molecule has 0 bridgehead atoms. The van der Waals surface area contributed by atoms with E-state index < -0.39 is 0 Å². The van der Waals surface area contributed by atoms with E-state index in [2.05, 4.69) is 6.07 Å². The minimum absolute atomic E-state index is 0.0316. The highest BCUT2D eigenvalue weighted by Gasteiger charge is 2.14. The summed E-state index contributed by atoms with van der Waals surface area (Å²) in [6.45, 7) is 4.06. The maximum atomic E-state index is 6.01. The van der Waals surface area contributed by atoms with Gasteiger partial charge < -0.3 is 15.2 Å². The van der Waals surface area contributed by atoms with Crippen molar-refractivity contribution < 1.29 is 9.47 Å². The van der Waals surface area contributed by atoms with Crippen LogP contribution in [0.1, 0.15) is 24.1 Å². The van der Waals surface area contributed by atoms with Gasteiger partial charge in [0.25, 0.3) is 0 Å². The molecule has 2 N–H and O–H groups in total. The van der Waals surface area contributed by atoms with E-state index in [1.807, 2.05) is 19.1 Å². The summed E-state index contributed by atoms with van der Waals surface area (Å²) in [6.07, 6.45) is 0.991. The first-order valence-electron chi connectivity index (χ1n) is 5.40. The first-order chi connectivity index (χ1) is 7.31. The van der Waals surface area contributed by atoms with Gasteiger partial charge in [0.15, 0.2) is 0 Å². The van der Waals surface area contributed by atoms with Crippen molar-refractivity contribution in [3.05, 3.63) is 29.3 Å². The molecular weight excluding hydrogens is 190 g/mol. The number of rotatable bonds is 4. The number of benzene rings is 1. The number of nitrogens with two attached hydrogens (primary N) is 1. The fraction of sp³-hybridized carbons (Fsp3) is 0.500. The molecule has 82 valence electrons. The van der Waals surface area contributed by atoms with Gasteiger partial charge in [0.2, 0.25) is 0 Å². The molecule has 0 aromatic heterocycles. The Morgan fingerprint density at radius 1 is 1.53 bits per heavy atom. The predicted octanol–water partition coefficient (Wildman–Crippen LogP) is 1.66. The summed E-state index contributed by atoms with van der Waals surface area (Å²) in [5.74, 6) is 1.00. The Bertz CT molecular complexity index is 338. The van der Waals surface area contributed by atoms with Crippen LogP contribution in [0.2, 0.25) is 0 Å². The second-order valence-electron chi connectivity index (χ2n) is 3.73. The topological polar surface area (TPSA) is 44.5 Å². The molecule has 1 atom stereocenters. The fourth-order valence-electron chi connectivity index (χ4n) is 1.78. The Labute approximate surface area is 90.2 Å². The van der Waals surface area contributed by atoms with Crippen LogP contribution in [0.3, 0.4) is 0 Å². The molecule has 0 saturated heterocycles. The smallest absolute Gasteiger partial charge is 0.122 e. The molecule has 1 heterocycles. The van der Waals surface area contributed by atoms with Crippen LogP contribution in [0, 0.1) is 0 Å². The minimum atomic E-state index is -0.0316. The number of hydrogen-bond acceptors (Lipinski definition) is 3. The molecule has 0 amide bonds. The maximum Gasteiger partial charge on any atom is 0.122 e. The first kappa shape index (κ1) is 10.5. The molecular formula is C12H17NO2. The number of ether oxygens (including phenoxy) is 2. The van der Waals surface area contributed by atoms with E-state index >= 15 is 0 Å². The van der Waals surface area contributed by atoms with Crippen molar-refractivity contribution in [2.75, 3.05) is 19.8 Å². The van der Waals surface area contributed by atoms with Gasteiger partial charge in [0.1, 0.15) is 5.75 Å². The molecule has 0 aliphatic carbocycles. The van der Waals surface area contributed by atoms with Crippen LogP contribution in [-0.2, 0) is 11.2 Å². The average molecular weight is 207 g/mol. The highest BCUT2D eigenvalue weighted by atomic mass is 16.5. The zero-order valence-electron chi connectivity index (χ0n) is 9.03. The summed E-state index contributed by atoms with van der Waals surface area (Å²) >= 11 is 0. The van der Waals surface area contributed by atoms with Crippen molar-refractivity contribution >= 4 is 0 Å². The van der Waals surface area contributed by atoms with Crippen LogP contribution in [0.25, 0.3) is 0 Å². The van der Waals surface area contributed by atoms with E-state index in [0.717, 1.165) is 24.3 Å². The Balaban J connectivity index is 2.08. The van der Waals surface area contributed by atoms with Gasteiger partial charge in [-0.05, 0) is 24.1 Å². The van der Waals surface area contributed by atoms with E-state index in [-0.39, 0.29) is 6.04 Å². The van der Waals surface area contributed by atoms with E-state index in [9.17, 15) is 0 Å². The van der Waals surface area contributed by atoms with Gasteiger partial charge in [0.05, 0.1) is 19.3 Å². The molecule has 3 heteroatoms. The van der Waals surface area contributed by atoms with Crippen molar-refractivity contribution in [1.82, 2.24) is 0 Å². The number of fused-ring (bicyclic) bond motifs is 1. The zero-order chi connectivity index (χ0) is 10.7. The lowest BCUT2D eigenvalue weighted by molar-refractivity contribution is 0.133. The second-order valence-corrected chi connectivity index (χ2v) is 3.73. The first-order valence-corrected chi connectivity index (χ1v) is 5.40. The fourth-order valence-corrected chi connectivity index (χ4v) is 1.78. The third-order valence-electron chi connectivity index (χ3n) is 2.64. The van der Waals surface area contributed by atoms with Gasteiger partial charge in [0, 0.05) is 13.0 Å². The van der Waals surface area contributed by atoms with Crippen LogP contribution in [-0.4, -0.2) is 19.8 Å². The molecule has 15 heavy (non-hydrogen) atoms. The van der Waals surface area contributed by atoms with Gasteiger partial charge >= 0.3 is 0 Å². The minimum Gasteiger partial charge on any atom is -0.493 e. The average Bonchev–Trinajstić information content (AvgIpc) is 2.72. The lowest BCUT2D eigenvalue weighted by Crippen LogP contribution is -2.17. The molecule has 0 saturated carbocycles. The largest absolute Gasteiger partial charge is 0.493 e. The quantitative estimate of drug-likeness (QED) is 0.816. The third-order valence-corrected chi connectivity index (χ3v) is 2.64. The van der Waals surface area contributed by atoms with Crippen molar-refractivity contribution in [3.63, 3.8) is 0 Å². The Morgan fingerprint density at radius 3 is 3.20 bits per heavy atom. The molecule has 3 nitrogen and oxygen atoms in total. The van der Waals surface area contributed by atoms with Gasteiger partial charge in [-0.25, -0.2) is 0 Å². The van der Waals surface area contributed by atoms with Crippen LogP contribution >= 0.6 is 0 Å². The summed E-state index contributed by atoms with van der Waals surface area (Å²) < 4.78 is 10.8. The summed E-state index contributed by atoms with van der Waals surface area (Å²) in [6, 6.07) is 6.12. The van der Waals surface area contributed by atoms with Gasteiger partial charge in [-0.3, -0.25) is 0 Å². The highest BCUT2D eigenvalue weighted by Crippen LogP contribution is 2.27. The monoisotopic (exact) mass is 207 g/mol. The third kappa shape index (κ3) is 2.30. The molecule has 1 aromatic carbocycles. The molecule has 2 rings (SSSR count). The lowest BCUT2D eigenvalue weighted by atomic mass is 10.0. The zero-order valence-corrected chi connectivity index (χ0v) is 9.03. The Kier molecular flexibility index (Phi) is 3.23. The van der Waals surface area contributed by atoms with Gasteiger partial charge in [-0.15, -0.1) is 0 Å². The summed E-state index contributed by atoms with van der Waals surface area (Å²) in [5, 5.41) is 0. The van der Waals surface area contributed by atoms with E-state index in [1.165, 1.54) is 5.56 Å². The van der Waals surface area contributed by atoms with E-state index in [1.54, 1.807) is 0 Å². The van der Waals surface area contributed by atoms with Crippen LogP contribution in [0.4, 0.5) is 0 Å². The van der Waals surface area contributed by atoms with Gasteiger partial charge in [-0.1, -0.05) is 12.1 Å². The lowest BCUT2D eigenvalue weighted by Gasteiger charge is -2.12. The molecule has 1 aliphatic heterocycles. The summed E-state index contributed by atoms with van der Waals surface area (Å²) in [7, 11) is 0. The maximum absolute atomic E-state index is 6.01. The Hall–Kier alpha value is -1.06. The van der Waals surface area contributed by atoms with Crippen LogP contribution in [0.5, 0.6) is 5.75 Å². The van der Waals surface area contributed by atoms with E-state index in [0.29, 0.717) is 13.2 Å². The Morgan fingerprint density at radius 2 is 2.40 bits per heavy atom. The van der Waals surface area contributed by atoms with Crippen molar-refractivity contribution in [2.24, 2.45) is 5.73 Å². The van der Waals surface area contributed by atoms with Crippen LogP contribution in [0.15, 0.2) is 18.2 Å². The SMILES string of the molecule is CCOCC(N)c1ccc2c(c1)CCO2. The van der Waals surface area contributed by atoms with Gasteiger partial charge in [-0.2, -0.15) is 0 Å². The molecule has 1 unspecified atom stereocenters. The van der Waals surface area contributed by atoms with Crippen molar-refractivity contribution in [2.45, 2.75) is 19.4 Å². The predicted molar refractivity (Wildman–Crippen MR) is 59.1 cm³/mol. The standard InChI is InChI=1S/C12H17NO2/c1-2-14-8-11(13)9-3-4-12-10(7-9)5-6-15-12/h3-4,7,11H,2,5-6,8,13H2,1H3. The molecule has 0 radical (unpaired) electrons. The molecule has 0 spiro atoms. The molecule has 0 fully saturated rings. The molecule has 1 aromatic rings.